The molecule has 9 nitrogen and oxygen atoms in total. The van der Waals surface area contributed by atoms with Gasteiger partial charge in [0.15, 0.2) is 5.66 Å². The van der Waals surface area contributed by atoms with Crippen molar-refractivity contribution in [3.8, 4) is 0 Å². The molecule has 0 spiro atoms. The van der Waals surface area contributed by atoms with Crippen LogP contribution in [0.5, 0.6) is 0 Å². The van der Waals surface area contributed by atoms with E-state index >= 15 is 0 Å². The number of carboxylic acids is 1. The summed E-state index contributed by atoms with van der Waals surface area (Å²) in [6, 6.07) is 2.95. The monoisotopic (exact) mass is 754 g/mol. The number of hydrogen-bond acceptors (Lipinski definition) is 8. The maximum atomic E-state index is 14.1. The molecule has 5 N–H and O–H groups in total. The SMILES string of the molecule is CCCCCC1C(CCCCC)N1CC(C(=O)O)(N1C(CCCCC)C1CCCCC)N1C(CCCCC)C1CCCCC.OCC(CO)(CO)CO. The Balaban J connectivity index is 0.000000953. The Morgan fingerprint density at radius 3 is 0.868 bits per heavy atom. The highest BCUT2D eigenvalue weighted by molar-refractivity contribution is 5.80. The van der Waals surface area contributed by atoms with Gasteiger partial charge in [0.05, 0.1) is 31.8 Å². The van der Waals surface area contributed by atoms with Crippen LogP contribution >= 0.6 is 0 Å². The summed E-state index contributed by atoms with van der Waals surface area (Å²) in [5.74, 6) is -0.541. The molecule has 3 heterocycles. The summed E-state index contributed by atoms with van der Waals surface area (Å²) in [5.41, 5.74) is -1.97. The highest BCUT2D eigenvalue weighted by Gasteiger charge is 2.72. The van der Waals surface area contributed by atoms with E-state index < -0.39 is 43.5 Å². The normalized spacial score (nSPS) is 28.6. The Hall–Kier alpha value is -0.810. The van der Waals surface area contributed by atoms with Gasteiger partial charge in [0.2, 0.25) is 0 Å². The molecule has 3 aliphatic heterocycles. The number of hydrogen-bond donors (Lipinski definition) is 5. The van der Waals surface area contributed by atoms with Gasteiger partial charge in [-0.15, -0.1) is 0 Å². The summed E-state index contributed by atoms with van der Waals surface area (Å²) in [6.07, 6.45) is 29.8. The van der Waals surface area contributed by atoms with Gasteiger partial charge in [0, 0.05) is 42.8 Å². The number of unbranched alkanes of at least 4 members (excludes halogenated alkanes) is 12. The van der Waals surface area contributed by atoms with E-state index in [9.17, 15) is 9.90 Å². The molecule has 6 unspecified atom stereocenters. The van der Waals surface area contributed by atoms with Gasteiger partial charge in [-0.3, -0.25) is 14.7 Å². The van der Waals surface area contributed by atoms with Crippen LogP contribution in [0.1, 0.15) is 196 Å². The van der Waals surface area contributed by atoms with E-state index in [2.05, 4.69) is 56.2 Å². The molecule has 3 saturated heterocycles. The van der Waals surface area contributed by atoms with Crippen molar-refractivity contribution in [1.82, 2.24) is 14.7 Å². The summed E-state index contributed by atoms with van der Waals surface area (Å²) in [7, 11) is 0. The maximum Gasteiger partial charge on any atom is 0.340 e. The van der Waals surface area contributed by atoms with Crippen molar-refractivity contribution >= 4 is 5.97 Å². The van der Waals surface area contributed by atoms with E-state index in [4.69, 9.17) is 20.4 Å². The number of rotatable bonds is 33. The van der Waals surface area contributed by atoms with E-state index in [1.54, 1.807) is 0 Å². The maximum absolute atomic E-state index is 14.1. The Labute approximate surface area is 326 Å². The number of aliphatic hydroxyl groups is 4. The molecule has 0 aromatic rings. The quantitative estimate of drug-likeness (QED) is 0.0332. The molecule has 0 amide bonds. The fourth-order valence-corrected chi connectivity index (χ4v) is 9.20. The number of aliphatic carboxylic acids is 1. The molecule has 0 aromatic carbocycles. The molecule has 0 bridgehead atoms. The summed E-state index contributed by atoms with van der Waals surface area (Å²) in [4.78, 5) is 22.0. The second-order valence-corrected chi connectivity index (χ2v) is 17.1. The van der Waals surface area contributed by atoms with Crippen molar-refractivity contribution in [2.45, 2.75) is 238 Å². The van der Waals surface area contributed by atoms with Gasteiger partial charge in [-0.05, 0) is 38.5 Å². The van der Waals surface area contributed by atoms with Crippen molar-refractivity contribution in [3.63, 3.8) is 0 Å². The molecule has 0 radical (unpaired) electrons. The predicted octanol–water partition coefficient (Wildman–Crippen LogP) is 8.35. The van der Waals surface area contributed by atoms with Gasteiger partial charge in [-0.25, -0.2) is 4.79 Å². The highest BCUT2D eigenvalue weighted by Crippen LogP contribution is 2.54. The second kappa shape index (κ2) is 26.2. The largest absolute Gasteiger partial charge is 0.479 e. The number of nitrogens with zero attached hydrogens (tertiary/aromatic N) is 3. The van der Waals surface area contributed by atoms with Crippen LogP contribution in [0.3, 0.4) is 0 Å². The third kappa shape index (κ3) is 14.0. The molecule has 0 aromatic heterocycles. The van der Waals surface area contributed by atoms with Crippen molar-refractivity contribution < 1.29 is 30.3 Å². The summed E-state index contributed by atoms with van der Waals surface area (Å²) < 4.78 is 0. The first-order chi connectivity index (χ1) is 25.7. The van der Waals surface area contributed by atoms with E-state index in [1.165, 1.54) is 154 Å². The van der Waals surface area contributed by atoms with Crippen LogP contribution in [-0.2, 0) is 4.79 Å². The topological polar surface area (TPSA) is 127 Å². The standard InChI is InChI=1S/C39H75N3O2.C5H12O4/c1-7-13-19-25-32-33(26-20-14-8-2)40(32)31-39(38(43)44,41-34(27-21-15-9-3)35(41)28-22-16-10-4)42-36(29-23-17-11-5)37(42)30-24-18-12-6;6-1-5(2-7,3-8)4-9/h32-37H,7-31H2,1-6H3,(H,43,44);6-9H,1-4H2. The molecule has 314 valence electrons. The van der Waals surface area contributed by atoms with E-state index in [0.717, 1.165) is 6.54 Å². The summed E-state index contributed by atoms with van der Waals surface area (Å²) in [5, 5.41) is 45.6. The van der Waals surface area contributed by atoms with Crippen molar-refractivity contribution in [3.05, 3.63) is 0 Å². The summed E-state index contributed by atoms with van der Waals surface area (Å²) >= 11 is 0. The van der Waals surface area contributed by atoms with Crippen molar-refractivity contribution in [1.29, 1.82) is 0 Å². The molecule has 3 aliphatic rings. The molecule has 6 atom stereocenters. The first kappa shape index (κ1) is 48.3. The molecular formula is C44H87N3O6. The molecule has 0 saturated carbocycles. The van der Waals surface area contributed by atoms with Crippen LogP contribution in [0.4, 0.5) is 0 Å². The zero-order valence-electron chi connectivity index (χ0n) is 35.5. The lowest BCUT2D eigenvalue weighted by molar-refractivity contribution is -0.157. The van der Waals surface area contributed by atoms with Crippen LogP contribution in [-0.4, -0.2) is 121 Å². The fraction of sp³-hybridized carbons (Fsp3) is 0.977. The Morgan fingerprint density at radius 1 is 0.434 bits per heavy atom. The minimum atomic E-state index is -1.11. The van der Waals surface area contributed by atoms with E-state index in [-0.39, 0.29) is 0 Å². The van der Waals surface area contributed by atoms with Crippen LogP contribution in [0, 0.1) is 5.41 Å². The average molecular weight is 754 g/mol. The lowest BCUT2D eigenvalue weighted by Gasteiger charge is -2.36. The Bertz CT molecular complexity index is 849. The fourth-order valence-electron chi connectivity index (χ4n) is 9.20. The predicted molar refractivity (Wildman–Crippen MR) is 219 cm³/mol. The van der Waals surface area contributed by atoms with Crippen LogP contribution in [0.15, 0.2) is 0 Å². The van der Waals surface area contributed by atoms with Crippen molar-refractivity contribution in [2.75, 3.05) is 33.0 Å². The van der Waals surface area contributed by atoms with Gasteiger partial charge >= 0.3 is 5.97 Å². The van der Waals surface area contributed by atoms with Gasteiger partial charge in [0.1, 0.15) is 0 Å². The van der Waals surface area contributed by atoms with Crippen molar-refractivity contribution in [2.24, 2.45) is 5.41 Å². The molecule has 0 aliphatic carbocycles. The second-order valence-electron chi connectivity index (χ2n) is 17.1. The van der Waals surface area contributed by atoms with E-state index in [1.807, 2.05) is 0 Å². The van der Waals surface area contributed by atoms with Crippen LogP contribution in [0.25, 0.3) is 0 Å². The molecule has 3 fully saturated rings. The van der Waals surface area contributed by atoms with Crippen LogP contribution in [0.2, 0.25) is 0 Å². The number of aliphatic hydroxyl groups excluding tert-OH is 4. The zero-order valence-corrected chi connectivity index (χ0v) is 35.5. The zero-order chi connectivity index (χ0) is 39.3. The Kier molecular flexibility index (Phi) is 23.9. The number of carbonyl (C=O) groups is 1. The first-order valence-corrected chi connectivity index (χ1v) is 22.7. The molecule has 9 heteroatoms. The minimum Gasteiger partial charge on any atom is -0.479 e. The summed E-state index contributed by atoms with van der Waals surface area (Å²) in [6.45, 7) is 12.9. The lowest BCUT2D eigenvalue weighted by Crippen LogP contribution is -2.60. The molecule has 53 heavy (non-hydrogen) atoms. The Morgan fingerprint density at radius 2 is 0.679 bits per heavy atom. The third-order valence-corrected chi connectivity index (χ3v) is 12.9. The number of carboxylic acid groups (broad SMARTS) is 1. The third-order valence-electron chi connectivity index (χ3n) is 12.9. The van der Waals surface area contributed by atoms with Gasteiger partial charge in [-0.2, -0.15) is 0 Å². The highest BCUT2D eigenvalue weighted by atomic mass is 16.4. The molecule has 3 rings (SSSR count). The van der Waals surface area contributed by atoms with Gasteiger partial charge in [0.25, 0.3) is 0 Å². The smallest absolute Gasteiger partial charge is 0.340 e. The lowest BCUT2D eigenvalue weighted by atomic mass is 9.93. The van der Waals surface area contributed by atoms with E-state index in [0.29, 0.717) is 36.3 Å². The average Bonchev–Trinajstić information content (AvgIpc) is 4.12. The van der Waals surface area contributed by atoms with Gasteiger partial charge in [-0.1, -0.05) is 157 Å². The first-order valence-electron chi connectivity index (χ1n) is 22.7. The van der Waals surface area contributed by atoms with Gasteiger partial charge < -0.3 is 25.5 Å². The van der Waals surface area contributed by atoms with Crippen LogP contribution < -0.4 is 0 Å². The molecular weight excluding hydrogens is 666 g/mol. The minimum absolute atomic E-state index is 0.406.